The molecule has 2 N–H and O–H groups in total. The highest BCUT2D eigenvalue weighted by molar-refractivity contribution is 7.79. The number of halogens is 4. The summed E-state index contributed by atoms with van der Waals surface area (Å²) in [5.41, 5.74) is 0.544. The number of pyridine rings is 1. The van der Waals surface area contributed by atoms with Gasteiger partial charge in [-0.2, -0.15) is 0 Å². The maximum absolute atomic E-state index is 12.4. The molecule has 1 heterocycles. The number of nitrogens with one attached hydrogen (secondary N) is 1. The fraction of sp³-hybridized carbons (Fsp3) is 0.105. The molecule has 0 spiro atoms. The van der Waals surface area contributed by atoms with Gasteiger partial charge in [-0.05, 0) is 48.0 Å². The fourth-order valence-electron chi connectivity index (χ4n) is 2.50. The molecule has 0 aliphatic heterocycles. The van der Waals surface area contributed by atoms with Crippen LogP contribution in [0.4, 0.5) is 18.9 Å². The quantitative estimate of drug-likeness (QED) is 0.447. The van der Waals surface area contributed by atoms with E-state index in [-0.39, 0.29) is 22.2 Å². The summed E-state index contributed by atoms with van der Waals surface area (Å²) in [5.74, 6) is 0.401. The first kappa shape index (κ1) is 21.9. The Morgan fingerprint density at radius 3 is 2.53 bits per heavy atom. The minimum absolute atomic E-state index is 0.0128. The number of ether oxygens (including phenoxy) is 2. The van der Waals surface area contributed by atoms with Gasteiger partial charge >= 0.3 is 6.36 Å². The Labute approximate surface area is 176 Å². The van der Waals surface area contributed by atoms with Crippen molar-refractivity contribution < 1.29 is 31.4 Å². The zero-order valence-corrected chi connectivity index (χ0v) is 16.6. The Hall–Kier alpha value is -2.82. The highest BCUT2D eigenvalue weighted by Crippen LogP contribution is 2.31. The van der Waals surface area contributed by atoms with Crippen LogP contribution in [0, 0.1) is 0 Å². The first-order valence-electron chi connectivity index (χ1n) is 8.32. The van der Waals surface area contributed by atoms with Crippen LogP contribution in [0.1, 0.15) is 5.56 Å². The first-order chi connectivity index (χ1) is 14.2. The second-order valence-electron chi connectivity index (χ2n) is 5.85. The van der Waals surface area contributed by atoms with E-state index in [0.29, 0.717) is 17.1 Å². The largest absolute Gasteiger partial charge is 0.573 e. The maximum atomic E-state index is 12.4. The molecule has 11 heteroatoms. The van der Waals surface area contributed by atoms with Crippen molar-refractivity contribution in [3.8, 4) is 17.2 Å². The molecule has 3 rings (SSSR count). The van der Waals surface area contributed by atoms with Crippen molar-refractivity contribution in [1.29, 1.82) is 0 Å². The topological polar surface area (TPSA) is 80.7 Å². The Morgan fingerprint density at radius 2 is 1.87 bits per heavy atom. The van der Waals surface area contributed by atoms with Crippen LogP contribution in [0.15, 0.2) is 65.8 Å². The zero-order chi connectivity index (χ0) is 21.7. The molecule has 6 nitrogen and oxygen atoms in total. The van der Waals surface area contributed by atoms with E-state index in [1.165, 1.54) is 30.5 Å². The summed E-state index contributed by atoms with van der Waals surface area (Å²) in [7, 11) is 0. The third-order valence-corrected chi connectivity index (χ3v) is 4.83. The second-order valence-corrected chi connectivity index (χ2v) is 7.20. The summed E-state index contributed by atoms with van der Waals surface area (Å²) < 4.78 is 68.0. The number of hydrogen-bond donors (Lipinski definition) is 2. The van der Waals surface area contributed by atoms with Crippen LogP contribution >= 0.6 is 11.6 Å². The van der Waals surface area contributed by atoms with Crippen LogP contribution in [-0.4, -0.2) is 20.1 Å². The second kappa shape index (κ2) is 9.33. The number of nitrogens with zero attached hydrogens (tertiary/aromatic N) is 1. The molecule has 0 radical (unpaired) electrons. The Bertz CT molecular complexity index is 1050. The predicted octanol–water partition coefficient (Wildman–Crippen LogP) is 5.62. The van der Waals surface area contributed by atoms with Gasteiger partial charge in [0.2, 0.25) is 0 Å². The van der Waals surface area contributed by atoms with Crippen molar-refractivity contribution in [1.82, 2.24) is 4.98 Å². The lowest BCUT2D eigenvalue weighted by atomic mass is 10.2. The van der Waals surface area contributed by atoms with Crippen LogP contribution < -0.4 is 14.8 Å². The summed E-state index contributed by atoms with van der Waals surface area (Å²) >= 11 is 3.74. The van der Waals surface area contributed by atoms with E-state index in [9.17, 15) is 21.9 Å². The summed E-state index contributed by atoms with van der Waals surface area (Å²) in [6.45, 7) is -0.0128. The van der Waals surface area contributed by atoms with E-state index >= 15 is 0 Å². The van der Waals surface area contributed by atoms with E-state index in [4.69, 9.17) is 16.3 Å². The van der Waals surface area contributed by atoms with Gasteiger partial charge in [0.15, 0.2) is 11.1 Å². The molecule has 30 heavy (non-hydrogen) atoms. The summed E-state index contributed by atoms with van der Waals surface area (Å²) in [6.07, 6.45) is -1.76. The molecule has 0 aliphatic carbocycles. The minimum atomic E-state index is -4.84. The van der Waals surface area contributed by atoms with Crippen LogP contribution in [0.5, 0.6) is 17.2 Å². The van der Waals surface area contributed by atoms with E-state index in [2.05, 4.69) is 15.0 Å². The maximum Gasteiger partial charge on any atom is 0.573 e. The highest BCUT2D eigenvalue weighted by Gasteiger charge is 2.31. The molecule has 3 aromatic rings. The van der Waals surface area contributed by atoms with Crippen molar-refractivity contribution in [3.05, 3.63) is 71.5 Å². The average Bonchev–Trinajstić information content (AvgIpc) is 2.68. The van der Waals surface area contributed by atoms with Gasteiger partial charge in [0, 0.05) is 18.8 Å². The van der Waals surface area contributed by atoms with Crippen LogP contribution in [0.3, 0.4) is 0 Å². The summed E-state index contributed by atoms with van der Waals surface area (Å²) in [4.78, 5) is 4.05. The zero-order valence-electron chi connectivity index (χ0n) is 15.0. The Balaban J connectivity index is 1.82. The molecule has 0 amide bonds. The first-order valence-corrected chi connectivity index (χ1v) is 9.80. The molecule has 2 aromatic carbocycles. The van der Waals surface area contributed by atoms with Gasteiger partial charge in [-0.25, -0.2) is 4.21 Å². The molecule has 1 atom stereocenters. The van der Waals surface area contributed by atoms with Gasteiger partial charge in [-0.3, -0.25) is 4.98 Å². The molecule has 158 valence electrons. The van der Waals surface area contributed by atoms with E-state index in [1.807, 2.05) is 0 Å². The van der Waals surface area contributed by atoms with Crippen LogP contribution in [-0.2, 0) is 17.6 Å². The molecule has 1 aromatic heterocycles. The summed E-state index contributed by atoms with van der Waals surface area (Å²) in [5, 5.41) is 3.00. The van der Waals surface area contributed by atoms with Crippen LogP contribution in [0.2, 0.25) is 5.02 Å². The molecule has 0 fully saturated rings. The van der Waals surface area contributed by atoms with Crippen molar-refractivity contribution in [3.63, 3.8) is 0 Å². The van der Waals surface area contributed by atoms with E-state index in [0.717, 1.165) is 12.1 Å². The third-order valence-electron chi connectivity index (χ3n) is 3.73. The van der Waals surface area contributed by atoms with Gasteiger partial charge in [-0.15, -0.1) is 13.2 Å². The normalized spacial score (nSPS) is 12.3. The molecule has 0 saturated heterocycles. The standard InChI is InChI=1S/C19H14ClF3N2O4S/c20-16-5-3-14(29-19(21,22)23)9-17(16)25-10-12-8-13(4-6-18(12)30(26)27)28-15-2-1-7-24-11-15/h1-9,11,25H,10H2,(H,26,27). The number of hydrogen-bond acceptors (Lipinski definition) is 5. The molecule has 0 saturated carbocycles. The third kappa shape index (κ3) is 6.09. The number of rotatable bonds is 7. The van der Waals surface area contributed by atoms with Crippen molar-refractivity contribution in [2.45, 2.75) is 17.8 Å². The lowest BCUT2D eigenvalue weighted by Gasteiger charge is -2.14. The molecular formula is C19H14ClF3N2O4S. The summed E-state index contributed by atoms with van der Waals surface area (Å²) in [6, 6.07) is 11.3. The predicted molar refractivity (Wildman–Crippen MR) is 105 cm³/mol. The smallest absolute Gasteiger partial charge is 0.456 e. The molecule has 1 unspecified atom stereocenters. The SMILES string of the molecule is O=S(O)c1ccc(Oc2cccnc2)cc1CNc1cc(OC(F)(F)F)ccc1Cl. The Kier molecular flexibility index (Phi) is 6.80. The molecule has 0 aliphatic rings. The van der Waals surface area contributed by atoms with Crippen molar-refractivity contribution in [2.24, 2.45) is 0 Å². The van der Waals surface area contributed by atoms with Crippen molar-refractivity contribution in [2.75, 3.05) is 5.32 Å². The van der Waals surface area contributed by atoms with Gasteiger partial charge < -0.3 is 19.3 Å². The lowest BCUT2D eigenvalue weighted by molar-refractivity contribution is -0.274. The van der Waals surface area contributed by atoms with Gasteiger partial charge in [0.25, 0.3) is 0 Å². The monoisotopic (exact) mass is 458 g/mol. The minimum Gasteiger partial charge on any atom is -0.456 e. The number of aromatic nitrogens is 1. The fourth-order valence-corrected chi connectivity index (χ4v) is 3.22. The number of alkyl halides is 3. The molecule has 0 bridgehead atoms. The Morgan fingerprint density at radius 1 is 1.10 bits per heavy atom. The van der Waals surface area contributed by atoms with Gasteiger partial charge in [0.1, 0.15) is 17.2 Å². The number of benzene rings is 2. The lowest BCUT2D eigenvalue weighted by Crippen LogP contribution is -2.17. The van der Waals surface area contributed by atoms with Gasteiger partial charge in [0.05, 0.1) is 21.8 Å². The average molecular weight is 459 g/mol. The highest BCUT2D eigenvalue weighted by atomic mass is 35.5. The van der Waals surface area contributed by atoms with Crippen LogP contribution in [0.25, 0.3) is 0 Å². The van der Waals surface area contributed by atoms with E-state index in [1.54, 1.807) is 18.3 Å². The van der Waals surface area contributed by atoms with E-state index < -0.39 is 23.2 Å². The molecular weight excluding hydrogens is 445 g/mol. The van der Waals surface area contributed by atoms with Crippen molar-refractivity contribution >= 4 is 28.4 Å². The number of anilines is 1. The van der Waals surface area contributed by atoms with Gasteiger partial charge in [-0.1, -0.05) is 11.6 Å².